The number of rotatable bonds is 5. The molecular formula is C21H21ClN2O2. The maximum absolute atomic E-state index is 12.4. The summed E-state index contributed by atoms with van der Waals surface area (Å²) in [5.41, 5.74) is 4.20. The predicted octanol–water partition coefficient (Wildman–Crippen LogP) is 4.89. The highest BCUT2D eigenvalue weighted by molar-refractivity contribution is 6.31. The lowest BCUT2D eigenvalue weighted by molar-refractivity contribution is 0.0953. The molecule has 0 fully saturated rings. The fourth-order valence-corrected chi connectivity index (χ4v) is 3.00. The summed E-state index contributed by atoms with van der Waals surface area (Å²) in [6.07, 6.45) is 0.611. The van der Waals surface area contributed by atoms with Crippen LogP contribution in [0, 0.1) is 20.8 Å². The third kappa shape index (κ3) is 3.97. The monoisotopic (exact) mass is 368 g/mol. The molecular weight excluding hydrogens is 348 g/mol. The van der Waals surface area contributed by atoms with E-state index in [0.717, 1.165) is 28.1 Å². The van der Waals surface area contributed by atoms with Gasteiger partial charge in [-0.2, -0.15) is 0 Å². The van der Waals surface area contributed by atoms with Crippen LogP contribution >= 0.6 is 11.6 Å². The third-order valence-electron chi connectivity index (χ3n) is 4.31. The van der Waals surface area contributed by atoms with Crippen molar-refractivity contribution in [3.05, 3.63) is 75.6 Å². The van der Waals surface area contributed by atoms with Crippen LogP contribution in [0.25, 0.3) is 11.5 Å². The van der Waals surface area contributed by atoms with Gasteiger partial charge in [0.15, 0.2) is 0 Å². The third-order valence-corrected chi connectivity index (χ3v) is 4.72. The molecule has 134 valence electrons. The molecule has 2 aromatic carbocycles. The van der Waals surface area contributed by atoms with Crippen LogP contribution in [0.4, 0.5) is 0 Å². The van der Waals surface area contributed by atoms with Crippen molar-refractivity contribution in [3.8, 4) is 11.5 Å². The van der Waals surface area contributed by atoms with Crippen molar-refractivity contribution in [1.29, 1.82) is 0 Å². The molecule has 0 bridgehead atoms. The minimum atomic E-state index is -0.105. The fourth-order valence-electron chi connectivity index (χ4n) is 2.78. The summed E-state index contributed by atoms with van der Waals surface area (Å²) < 4.78 is 5.75. The molecule has 0 spiro atoms. The van der Waals surface area contributed by atoms with Crippen LogP contribution in [-0.4, -0.2) is 17.4 Å². The maximum Gasteiger partial charge on any atom is 0.251 e. The molecule has 0 aliphatic rings. The zero-order valence-electron chi connectivity index (χ0n) is 15.1. The molecule has 0 saturated heterocycles. The lowest BCUT2D eigenvalue weighted by Crippen LogP contribution is -2.26. The van der Waals surface area contributed by atoms with Crippen molar-refractivity contribution >= 4 is 17.5 Å². The molecule has 0 aliphatic heterocycles. The number of aromatic nitrogens is 1. The van der Waals surface area contributed by atoms with Crippen molar-refractivity contribution in [2.45, 2.75) is 27.2 Å². The van der Waals surface area contributed by atoms with Crippen LogP contribution in [0.1, 0.15) is 32.9 Å². The first kappa shape index (κ1) is 18.2. The van der Waals surface area contributed by atoms with Crippen LogP contribution in [-0.2, 0) is 6.42 Å². The van der Waals surface area contributed by atoms with Crippen LogP contribution in [0.5, 0.6) is 0 Å². The molecule has 0 saturated carbocycles. The Labute approximate surface area is 158 Å². The number of nitrogens with one attached hydrogen (secondary N) is 1. The number of aryl methyl sites for hydroxylation is 3. The molecule has 1 aromatic heterocycles. The lowest BCUT2D eigenvalue weighted by Gasteiger charge is -2.09. The number of oxazole rings is 1. The molecule has 1 amide bonds. The van der Waals surface area contributed by atoms with Crippen LogP contribution in [0.15, 0.2) is 46.9 Å². The van der Waals surface area contributed by atoms with E-state index in [9.17, 15) is 4.79 Å². The Hall–Kier alpha value is -2.59. The molecule has 26 heavy (non-hydrogen) atoms. The summed E-state index contributed by atoms with van der Waals surface area (Å²) >= 11 is 6.09. The highest BCUT2D eigenvalue weighted by Crippen LogP contribution is 2.22. The number of amides is 1. The molecule has 3 aromatic rings. The Morgan fingerprint density at radius 1 is 1.12 bits per heavy atom. The number of hydrogen-bond donors (Lipinski definition) is 1. The first-order valence-corrected chi connectivity index (χ1v) is 8.90. The zero-order valence-corrected chi connectivity index (χ0v) is 15.9. The highest BCUT2D eigenvalue weighted by Gasteiger charge is 2.13. The fraction of sp³-hybridized carbons (Fsp3) is 0.238. The standard InChI is InChI=1S/C21H21ClN2O2/c1-13-12-18(22)14(2)11-17(13)20(25)23-10-9-19-15(3)26-21(24-19)16-7-5-4-6-8-16/h4-8,11-12H,9-10H2,1-3H3,(H,23,25). The number of nitrogens with zero attached hydrogens (tertiary/aromatic N) is 1. The van der Waals surface area contributed by atoms with Crippen molar-refractivity contribution in [1.82, 2.24) is 10.3 Å². The van der Waals surface area contributed by atoms with Gasteiger partial charge in [-0.25, -0.2) is 4.98 Å². The van der Waals surface area contributed by atoms with Gasteiger partial charge < -0.3 is 9.73 Å². The highest BCUT2D eigenvalue weighted by atomic mass is 35.5. The average Bonchev–Trinajstić information content (AvgIpc) is 3.00. The van der Waals surface area contributed by atoms with E-state index in [2.05, 4.69) is 10.3 Å². The molecule has 5 heteroatoms. The first-order chi connectivity index (χ1) is 12.5. The minimum absolute atomic E-state index is 0.105. The van der Waals surface area contributed by atoms with E-state index in [0.29, 0.717) is 29.4 Å². The summed E-state index contributed by atoms with van der Waals surface area (Å²) in [6.45, 7) is 6.15. The number of benzene rings is 2. The van der Waals surface area contributed by atoms with Gasteiger partial charge in [0.1, 0.15) is 5.76 Å². The average molecular weight is 369 g/mol. The molecule has 1 heterocycles. The van der Waals surface area contributed by atoms with Crippen molar-refractivity contribution in [2.75, 3.05) is 6.54 Å². The topological polar surface area (TPSA) is 55.1 Å². The molecule has 1 N–H and O–H groups in total. The number of carbonyl (C=O) groups is 1. The Morgan fingerprint density at radius 3 is 2.58 bits per heavy atom. The van der Waals surface area contributed by atoms with Gasteiger partial charge in [0.2, 0.25) is 5.89 Å². The quantitative estimate of drug-likeness (QED) is 0.697. The Bertz CT molecular complexity index is 933. The normalized spacial score (nSPS) is 10.8. The second kappa shape index (κ2) is 7.75. The van der Waals surface area contributed by atoms with Crippen LogP contribution < -0.4 is 5.32 Å². The van der Waals surface area contributed by atoms with Gasteiger partial charge in [0, 0.05) is 29.1 Å². The van der Waals surface area contributed by atoms with Gasteiger partial charge in [-0.1, -0.05) is 29.8 Å². The van der Waals surface area contributed by atoms with E-state index in [1.165, 1.54) is 0 Å². The van der Waals surface area contributed by atoms with Gasteiger partial charge in [0.05, 0.1) is 5.69 Å². The van der Waals surface area contributed by atoms with E-state index in [-0.39, 0.29) is 5.91 Å². The maximum atomic E-state index is 12.4. The molecule has 0 unspecified atom stereocenters. The summed E-state index contributed by atoms with van der Waals surface area (Å²) in [5.74, 6) is 1.27. The summed E-state index contributed by atoms with van der Waals surface area (Å²) in [5, 5.41) is 3.62. The van der Waals surface area contributed by atoms with Gasteiger partial charge in [-0.15, -0.1) is 0 Å². The minimum Gasteiger partial charge on any atom is -0.441 e. The zero-order chi connectivity index (χ0) is 18.7. The molecule has 0 aliphatic carbocycles. The molecule has 0 radical (unpaired) electrons. The number of halogens is 1. The SMILES string of the molecule is Cc1cc(C(=O)NCCc2nc(-c3ccccc3)oc2C)c(C)cc1Cl. The molecule has 3 rings (SSSR count). The van der Waals surface area contributed by atoms with Crippen molar-refractivity contribution < 1.29 is 9.21 Å². The summed E-state index contributed by atoms with van der Waals surface area (Å²) in [6, 6.07) is 13.4. The van der Waals surface area contributed by atoms with E-state index < -0.39 is 0 Å². The van der Waals surface area contributed by atoms with E-state index >= 15 is 0 Å². The van der Waals surface area contributed by atoms with Gasteiger partial charge in [-0.3, -0.25) is 4.79 Å². The molecule has 0 atom stereocenters. The van der Waals surface area contributed by atoms with Crippen LogP contribution in [0.2, 0.25) is 5.02 Å². The Kier molecular flexibility index (Phi) is 5.43. The van der Waals surface area contributed by atoms with E-state index in [1.807, 2.05) is 63.2 Å². The first-order valence-electron chi connectivity index (χ1n) is 8.52. The Balaban J connectivity index is 1.64. The van der Waals surface area contributed by atoms with E-state index in [1.54, 1.807) is 0 Å². The van der Waals surface area contributed by atoms with Crippen molar-refractivity contribution in [3.63, 3.8) is 0 Å². The van der Waals surface area contributed by atoms with Crippen molar-refractivity contribution in [2.24, 2.45) is 0 Å². The van der Waals surface area contributed by atoms with Gasteiger partial charge >= 0.3 is 0 Å². The summed E-state index contributed by atoms with van der Waals surface area (Å²) in [7, 11) is 0. The number of carbonyl (C=O) groups excluding carboxylic acids is 1. The Morgan fingerprint density at radius 2 is 1.85 bits per heavy atom. The van der Waals surface area contributed by atoms with Gasteiger partial charge in [-0.05, 0) is 56.2 Å². The lowest BCUT2D eigenvalue weighted by atomic mass is 10.0. The second-order valence-electron chi connectivity index (χ2n) is 6.31. The van der Waals surface area contributed by atoms with E-state index in [4.69, 9.17) is 16.0 Å². The molecule has 4 nitrogen and oxygen atoms in total. The number of hydrogen-bond acceptors (Lipinski definition) is 3. The smallest absolute Gasteiger partial charge is 0.251 e. The largest absolute Gasteiger partial charge is 0.441 e. The van der Waals surface area contributed by atoms with Gasteiger partial charge in [0.25, 0.3) is 5.91 Å². The predicted molar refractivity (Wildman–Crippen MR) is 104 cm³/mol. The summed E-state index contributed by atoms with van der Waals surface area (Å²) in [4.78, 5) is 17.0. The van der Waals surface area contributed by atoms with Crippen LogP contribution in [0.3, 0.4) is 0 Å². The second-order valence-corrected chi connectivity index (χ2v) is 6.72.